The number of ether oxygens (including phenoxy) is 3. The Morgan fingerprint density at radius 1 is 1.04 bits per heavy atom. The molecule has 2 aromatic carbocycles. The maximum absolute atomic E-state index is 12.6. The van der Waals surface area contributed by atoms with Crippen LogP contribution < -0.4 is 18.9 Å². The molecule has 1 aliphatic heterocycles. The molecule has 9 heteroatoms. The predicted octanol–water partition coefficient (Wildman–Crippen LogP) is 3.25. The number of nitrogens with one attached hydrogen (secondary N) is 1. The quantitative estimate of drug-likeness (QED) is 0.873. The van der Waals surface area contributed by atoms with Gasteiger partial charge in [-0.15, -0.1) is 0 Å². The third-order valence-corrected chi connectivity index (χ3v) is 4.74. The lowest BCUT2D eigenvalue weighted by atomic mass is 10.3. The Bertz CT molecular complexity index is 857. The summed E-state index contributed by atoms with van der Waals surface area (Å²) in [7, 11) is -4.03. The van der Waals surface area contributed by atoms with Crippen LogP contribution >= 0.6 is 0 Å². The number of benzene rings is 2. The Morgan fingerprint density at radius 3 is 2.52 bits per heavy atom. The average molecular weight is 371 g/mol. The summed E-state index contributed by atoms with van der Waals surface area (Å²) in [6.07, 6.45) is 0.688. The fraction of sp³-hybridized carbons (Fsp3) is 0.250. The van der Waals surface area contributed by atoms with E-state index in [1.165, 1.54) is 42.5 Å². The largest absolute Gasteiger partial charge is 0.490 e. The lowest BCUT2D eigenvalue weighted by molar-refractivity contribution is -0.0493. The molecule has 0 amide bonds. The molecule has 0 aliphatic carbocycles. The van der Waals surface area contributed by atoms with Crippen LogP contribution in [0.5, 0.6) is 17.2 Å². The zero-order chi connectivity index (χ0) is 17.9. The van der Waals surface area contributed by atoms with E-state index in [0.717, 1.165) is 0 Å². The van der Waals surface area contributed by atoms with Gasteiger partial charge in [0.05, 0.1) is 23.8 Å². The Kier molecular flexibility index (Phi) is 4.93. The molecular weight excluding hydrogens is 356 g/mol. The summed E-state index contributed by atoms with van der Waals surface area (Å²) in [6.45, 7) is -2.17. The van der Waals surface area contributed by atoms with E-state index >= 15 is 0 Å². The first-order valence-electron chi connectivity index (χ1n) is 7.42. The number of alkyl halides is 2. The van der Waals surface area contributed by atoms with Crippen molar-refractivity contribution in [2.75, 3.05) is 17.9 Å². The Balaban J connectivity index is 1.89. The number of fused-ring (bicyclic) bond motifs is 1. The molecule has 0 bridgehead atoms. The van der Waals surface area contributed by atoms with E-state index in [2.05, 4.69) is 9.46 Å². The van der Waals surface area contributed by atoms with Crippen molar-refractivity contribution in [3.8, 4) is 17.2 Å². The molecule has 0 radical (unpaired) electrons. The van der Waals surface area contributed by atoms with Crippen molar-refractivity contribution >= 4 is 15.7 Å². The molecule has 0 aromatic heterocycles. The molecule has 2 aromatic rings. The molecule has 0 atom stereocenters. The van der Waals surface area contributed by atoms with E-state index < -0.39 is 16.6 Å². The summed E-state index contributed by atoms with van der Waals surface area (Å²) >= 11 is 0. The second-order valence-corrected chi connectivity index (χ2v) is 6.82. The number of rotatable bonds is 5. The summed E-state index contributed by atoms with van der Waals surface area (Å²) < 4.78 is 67.5. The van der Waals surface area contributed by atoms with Crippen LogP contribution in [0, 0.1) is 0 Å². The molecule has 0 fully saturated rings. The predicted molar refractivity (Wildman–Crippen MR) is 85.9 cm³/mol. The molecular formula is C16H15F2NO5S. The van der Waals surface area contributed by atoms with Gasteiger partial charge in [0.2, 0.25) is 0 Å². The first-order chi connectivity index (χ1) is 12.0. The summed E-state index contributed by atoms with van der Waals surface area (Å²) in [5.41, 5.74) is -0.0880. The number of anilines is 1. The summed E-state index contributed by atoms with van der Waals surface area (Å²) in [6, 6.07) is 9.73. The van der Waals surface area contributed by atoms with Gasteiger partial charge in [0.15, 0.2) is 11.5 Å². The van der Waals surface area contributed by atoms with Crippen molar-refractivity contribution in [2.45, 2.75) is 17.9 Å². The Hall–Kier alpha value is -2.55. The van der Waals surface area contributed by atoms with Gasteiger partial charge in [-0.25, -0.2) is 8.42 Å². The van der Waals surface area contributed by atoms with E-state index in [9.17, 15) is 17.2 Å². The standard InChI is InChI=1S/C16H15F2NO5S/c17-16(18)24-13-5-2-1-4-12(13)19-25(20,21)11-6-7-14-15(10-11)23-9-3-8-22-14/h1-2,4-7,10,16,19H,3,8-9H2. The Morgan fingerprint density at radius 2 is 1.76 bits per heavy atom. The molecule has 6 nitrogen and oxygen atoms in total. The highest BCUT2D eigenvalue weighted by molar-refractivity contribution is 7.92. The zero-order valence-electron chi connectivity index (χ0n) is 12.9. The van der Waals surface area contributed by atoms with Crippen LogP contribution in [0.1, 0.15) is 6.42 Å². The molecule has 0 saturated carbocycles. The van der Waals surface area contributed by atoms with E-state index in [0.29, 0.717) is 31.1 Å². The molecule has 1 aliphatic rings. The van der Waals surface area contributed by atoms with Gasteiger partial charge >= 0.3 is 6.61 Å². The van der Waals surface area contributed by atoms with Gasteiger partial charge in [-0.2, -0.15) is 8.78 Å². The van der Waals surface area contributed by atoms with Crippen molar-refractivity contribution in [1.29, 1.82) is 0 Å². The van der Waals surface area contributed by atoms with Gasteiger partial charge in [0.1, 0.15) is 5.75 Å². The molecule has 0 saturated heterocycles. The van der Waals surface area contributed by atoms with Gasteiger partial charge in [-0.3, -0.25) is 4.72 Å². The summed E-state index contributed by atoms with van der Waals surface area (Å²) in [5, 5.41) is 0. The fourth-order valence-electron chi connectivity index (χ4n) is 2.26. The molecule has 134 valence electrons. The monoisotopic (exact) mass is 371 g/mol. The van der Waals surface area contributed by atoms with Crippen LogP contribution in [-0.4, -0.2) is 28.2 Å². The fourth-order valence-corrected chi connectivity index (χ4v) is 3.35. The SMILES string of the molecule is O=S(=O)(Nc1ccccc1OC(F)F)c1ccc2c(c1)OCCCO2. The smallest absolute Gasteiger partial charge is 0.387 e. The van der Waals surface area contributed by atoms with Crippen molar-refractivity contribution in [3.05, 3.63) is 42.5 Å². The maximum Gasteiger partial charge on any atom is 0.387 e. The first kappa shape index (κ1) is 17.3. The van der Waals surface area contributed by atoms with Gasteiger partial charge < -0.3 is 14.2 Å². The van der Waals surface area contributed by atoms with Crippen LogP contribution in [0.25, 0.3) is 0 Å². The van der Waals surface area contributed by atoms with Crippen molar-refractivity contribution < 1.29 is 31.4 Å². The number of hydrogen-bond donors (Lipinski definition) is 1. The van der Waals surface area contributed by atoms with Crippen molar-refractivity contribution in [1.82, 2.24) is 0 Å². The van der Waals surface area contributed by atoms with Crippen LogP contribution in [-0.2, 0) is 10.0 Å². The average Bonchev–Trinajstić information content (AvgIpc) is 2.80. The minimum atomic E-state index is -4.03. The number of sulfonamides is 1. The highest BCUT2D eigenvalue weighted by Gasteiger charge is 2.21. The molecule has 1 heterocycles. The zero-order valence-corrected chi connectivity index (χ0v) is 13.8. The highest BCUT2D eigenvalue weighted by atomic mass is 32.2. The van der Waals surface area contributed by atoms with Crippen LogP contribution in [0.2, 0.25) is 0 Å². The topological polar surface area (TPSA) is 73.9 Å². The first-order valence-corrected chi connectivity index (χ1v) is 8.90. The minimum Gasteiger partial charge on any atom is -0.490 e. The Labute approximate surface area is 143 Å². The van der Waals surface area contributed by atoms with Crippen molar-refractivity contribution in [2.24, 2.45) is 0 Å². The number of hydrogen-bond acceptors (Lipinski definition) is 5. The summed E-state index contributed by atoms with van der Waals surface area (Å²) in [4.78, 5) is -0.0800. The summed E-state index contributed by atoms with van der Waals surface area (Å²) in [5.74, 6) is 0.505. The van der Waals surface area contributed by atoms with E-state index in [-0.39, 0.29) is 16.3 Å². The molecule has 25 heavy (non-hydrogen) atoms. The van der Waals surface area contributed by atoms with Crippen molar-refractivity contribution in [3.63, 3.8) is 0 Å². The minimum absolute atomic E-state index is 0.0800. The maximum atomic E-state index is 12.6. The second kappa shape index (κ2) is 7.14. The van der Waals surface area contributed by atoms with E-state index in [1.807, 2.05) is 0 Å². The molecule has 0 spiro atoms. The van der Waals surface area contributed by atoms with E-state index in [4.69, 9.17) is 9.47 Å². The van der Waals surface area contributed by atoms with E-state index in [1.54, 1.807) is 0 Å². The number of para-hydroxylation sites is 2. The van der Waals surface area contributed by atoms with Crippen LogP contribution in [0.15, 0.2) is 47.4 Å². The number of halogens is 2. The van der Waals surface area contributed by atoms with Gasteiger partial charge in [-0.05, 0) is 24.3 Å². The van der Waals surface area contributed by atoms with Gasteiger partial charge in [0.25, 0.3) is 10.0 Å². The van der Waals surface area contributed by atoms with Gasteiger partial charge in [0, 0.05) is 12.5 Å². The highest BCUT2D eigenvalue weighted by Crippen LogP contribution is 2.33. The van der Waals surface area contributed by atoms with Gasteiger partial charge in [-0.1, -0.05) is 12.1 Å². The third-order valence-electron chi connectivity index (χ3n) is 3.38. The normalized spacial score (nSPS) is 14.0. The lowest BCUT2D eigenvalue weighted by Gasteiger charge is -2.14. The lowest BCUT2D eigenvalue weighted by Crippen LogP contribution is -2.15. The second-order valence-electron chi connectivity index (χ2n) is 5.14. The molecule has 1 N–H and O–H groups in total. The third kappa shape index (κ3) is 4.11. The molecule has 0 unspecified atom stereocenters. The van der Waals surface area contributed by atoms with Crippen LogP contribution in [0.3, 0.4) is 0 Å². The molecule has 3 rings (SSSR count). The van der Waals surface area contributed by atoms with Crippen LogP contribution in [0.4, 0.5) is 14.5 Å².